The standard InChI is InChI=1S/C43H39N/c1-3-4-15-32(2)43(41-22-13-11-20-39(41)40-21-12-14-23-42(40)43)35-26-30-38(31-27-35)44(36-18-9-6-10-19-36)37-28-24-34(25-29-37)33-16-7-5-8-17-33/h3-4,7,9,11-13,15-22,24-31H,1-2,5-6,8,10,14,23H2. The summed E-state index contributed by atoms with van der Waals surface area (Å²) in [6.07, 6.45) is 30.9. The smallest absolute Gasteiger partial charge is 0.0670 e. The molecule has 1 unspecified atom stereocenters. The van der Waals surface area contributed by atoms with Crippen molar-refractivity contribution in [2.75, 3.05) is 4.90 Å². The van der Waals surface area contributed by atoms with E-state index >= 15 is 0 Å². The van der Waals surface area contributed by atoms with Gasteiger partial charge < -0.3 is 4.90 Å². The van der Waals surface area contributed by atoms with Gasteiger partial charge in [-0.25, -0.2) is 0 Å². The Morgan fingerprint density at radius 1 is 0.727 bits per heavy atom. The molecule has 3 aromatic carbocycles. The molecule has 44 heavy (non-hydrogen) atoms. The Morgan fingerprint density at radius 3 is 2.14 bits per heavy atom. The lowest BCUT2D eigenvalue weighted by Gasteiger charge is -2.37. The number of hydrogen-bond donors (Lipinski definition) is 0. The van der Waals surface area contributed by atoms with Gasteiger partial charge in [-0.3, -0.25) is 0 Å². The number of hydrogen-bond acceptors (Lipinski definition) is 1. The summed E-state index contributed by atoms with van der Waals surface area (Å²) in [7, 11) is 0. The van der Waals surface area contributed by atoms with Gasteiger partial charge in [0, 0.05) is 17.1 Å². The van der Waals surface area contributed by atoms with Crippen molar-refractivity contribution >= 4 is 22.5 Å². The summed E-state index contributed by atoms with van der Waals surface area (Å²) >= 11 is 0. The second-order valence-electron chi connectivity index (χ2n) is 11.9. The van der Waals surface area contributed by atoms with Crippen LogP contribution in [0.25, 0.3) is 11.1 Å². The van der Waals surface area contributed by atoms with Gasteiger partial charge in [0.05, 0.1) is 5.41 Å². The zero-order chi connectivity index (χ0) is 29.9. The normalized spacial score (nSPS) is 20.3. The molecule has 0 saturated heterocycles. The van der Waals surface area contributed by atoms with Gasteiger partial charge in [-0.1, -0.05) is 122 Å². The SMILES string of the molecule is C=CC=CC(=C)C1(c2ccc(N(C3=CCCC=C3)c3ccc(C4=CCCC=C4)cc3)cc2)C2=C(C=CCC2)c2ccccc21. The molecule has 3 aromatic rings. The first kappa shape index (κ1) is 27.9. The van der Waals surface area contributed by atoms with Crippen LogP contribution < -0.4 is 4.90 Å². The summed E-state index contributed by atoms with van der Waals surface area (Å²) in [4.78, 5) is 2.39. The molecular weight excluding hydrogens is 530 g/mol. The molecule has 0 bridgehead atoms. The van der Waals surface area contributed by atoms with Crippen molar-refractivity contribution in [2.24, 2.45) is 0 Å². The number of fused-ring (bicyclic) bond motifs is 2. The number of nitrogens with zero attached hydrogens (tertiary/aromatic N) is 1. The zero-order valence-corrected chi connectivity index (χ0v) is 25.4. The molecule has 0 radical (unpaired) electrons. The summed E-state index contributed by atoms with van der Waals surface area (Å²) in [5, 5.41) is 0. The molecule has 0 fully saturated rings. The first-order chi connectivity index (χ1) is 21.7. The van der Waals surface area contributed by atoms with E-state index in [1.54, 1.807) is 0 Å². The zero-order valence-electron chi connectivity index (χ0n) is 25.4. The Labute approximate surface area is 262 Å². The first-order valence-electron chi connectivity index (χ1n) is 15.9. The van der Waals surface area contributed by atoms with Gasteiger partial charge in [0.25, 0.3) is 0 Å². The molecule has 1 atom stereocenters. The molecule has 216 valence electrons. The van der Waals surface area contributed by atoms with Gasteiger partial charge in [-0.2, -0.15) is 0 Å². The van der Waals surface area contributed by atoms with Gasteiger partial charge >= 0.3 is 0 Å². The molecule has 1 nitrogen and oxygen atoms in total. The van der Waals surface area contributed by atoms with Crippen molar-refractivity contribution in [3.63, 3.8) is 0 Å². The van der Waals surface area contributed by atoms with Crippen molar-refractivity contribution in [2.45, 2.75) is 43.9 Å². The minimum Gasteiger partial charge on any atom is -0.311 e. The summed E-state index contributed by atoms with van der Waals surface area (Å²) < 4.78 is 0. The van der Waals surface area contributed by atoms with Crippen LogP contribution in [-0.2, 0) is 5.41 Å². The van der Waals surface area contributed by atoms with Crippen molar-refractivity contribution in [3.05, 3.63) is 192 Å². The highest BCUT2D eigenvalue weighted by molar-refractivity contribution is 5.91. The minimum absolute atomic E-state index is 0.410. The highest BCUT2D eigenvalue weighted by Crippen LogP contribution is 2.57. The predicted octanol–water partition coefficient (Wildman–Crippen LogP) is 11.5. The molecule has 0 spiro atoms. The maximum absolute atomic E-state index is 4.71. The Hall–Kier alpha value is -4.88. The molecule has 0 N–H and O–H groups in total. The fraction of sp³-hybridized carbons (Fsp3) is 0.163. The van der Waals surface area contributed by atoms with Crippen molar-refractivity contribution < 1.29 is 0 Å². The van der Waals surface area contributed by atoms with Crippen LogP contribution in [0.1, 0.15) is 60.8 Å². The Morgan fingerprint density at radius 2 is 1.43 bits per heavy atom. The highest BCUT2D eigenvalue weighted by atomic mass is 15.1. The van der Waals surface area contributed by atoms with E-state index in [1.165, 1.54) is 50.4 Å². The van der Waals surface area contributed by atoms with Crippen LogP contribution in [-0.4, -0.2) is 0 Å². The van der Waals surface area contributed by atoms with E-state index in [9.17, 15) is 0 Å². The molecule has 1 heteroatoms. The molecule has 7 rings (SSSR count). The summed E-state index contributed by atoms with van der Waals surface area (Å²) in [6.45, 7) is 8.65. The van der Waals surface area contributed by atoms with Crippen molar-refractivity contribution in [1.29, 1.82) is 0 Å². The maximum Gasteiger partial charge on any atom is 0.0670 e. The largest absolute Gasteiger partial charge is 0.311 e. The van der Waals surface area contributed by atoms with Crippen LogP contribution in [0.2, 0.25) is 0 Å². The third kappa shape index (κ3) is 4.74. The Kier molecular flexibility index (Phi) is 7.62. The molecule has 0 heterocycles. The van der Waals surface area contributed by atoms with E-state index in [0.29, 0.717) is 0 Å². The lowest BCUT2D eigenvalue weighted by atomic mass is 9.65. The first-order valence-corrected chi connectivity index (χ1v) is 15.9. The van der Waals surface area contributed by atoms with Crippen LogP contribution in [0.3, 0.4) is 0 Å². The van der Waals surface area contributed by atoms with E-state index in [-0.39, 0.29) is 0 Å². The average Bonchev–Trinajstić information content (AvgIpc) is 3.40. The third-order valence-electron chi connectivity index (χ3n) is 9.41. The van der Waals surface area contributed by atoms with Gasteiger partial charge in [0.2, 0.25) is 0 Å². The van der Waals surface area contributed by atoms with Gasteiger partial charge in [0.15, 0.2) is 0 Å². The summed E-state index contributed by atoms with van der Waals surface area (Å²) in [6, 6.07) is 27.2. The van der Waals surface area contributed by atoms with E-state index < -0.39 is 5.41 Å². The van der Waals surface area contributed by atoms with Gasteiger partial charge in [0.1, 0.15) is 0 Å². The van der Waals surface area contributed by atoms with Crippen LogP contribution in [0, 0.1) is 0 Å². The molecule has 0 amide bonds. The number of anilines is 2. The minimum atomic E-state index is -0.410. The summed E-state index contributed by atoms with van der Waals surface area (Å²) in [5.74, 6) is 0. The molecule has 0 saturated carbocycles. The molecular formula is C43H39N. The fourth-order valence-corrected chi connectivity index (χ4v) is 7.41. The second-order valence-corrected chi connectivity index (χ2v) is 11.9. The number of benzene rings is 3. The van der Waals surface area contributed by atoms with Crippen LogP contribution in [0.5, 0.6) is 0 Å². The lowest BCUT2D eigenvalue weighted by molar-refractivity contribution is 0.697. The molecule has 0 aliphatic heterocycles. The van der Waals surface area contributed by atoms with Crippen LogP contribution in [0.15, 0.2) is 170 Å². The van der Waals surface area contributed by atoms with Gasteiger partial charge in [-0.15, -0.1) is 0 Å². The van der Waals surface area contributed by atoms with Crippen LogP contribution >= 0.6 is 0 Å². The van der Waals surface area contributed by atoms with Crippen molar-refractivity contribution in [3.8, 4) is 0 Å². The van der Waals surface area contributed by atoms with E-state index in [4.69, 9.17) is 6.58 Å². The van der Waals surface area contributed by atoms with E-state index in [1.807, 2.05) is 12.2 Å². The predicted molar refractivity (Wildman–Crippen MR) is 189 cm³/mol. The lowest BCUT2D eigenvalue weighted by Crippen LogP contribution is -2.30. The van der Waals surface area contributed by atoms with Crippen LogP contribution in [0.4, 0.5) is 11.4 Å². The molecule has 4 aliphatic carbocycles. The fourth-order valence-electron chi connectivity index (χ4n) is 7.41. The topological polar surface area (TPSA) is 3.24 Å². The van der Waals surface area contributed by atoms with Crippen molar-refractivity contribution in [1.82, 2.24) is 0 Å². The molecule has 4 aliphatic rings. The Bertz CT molecular complexity index is 1810. The second kappa shape index (κ2) is 12.0. The van der Waals surface area contributed by atoms with E-state index in [0.717, 1.165) is 49.8 Å². The third-order valence-corrected chi connectivity index (χ3v) is 9.41. The Balaban J connectivity index is 1.33. The number of rotatable bonds is 8. The quantitative estimate of drug-likeness (QED) is 0.244. The maximum atomic E-state index is 4.71. The average molecular weight is 570 g/mol. The monoisotopic (exact) mass is 569 g/mol. The summed E-state index contributed by atoms with van der Waals surface area (Å²) in [5.41, 5.74) is 13.5. The van der Waals surface area contributed by atoms with E-state index in [2.05, 4.69) is 139 Å². The highest BCUT2D eigenvalue weighted by Gasteiger charge is 2.47. The van der Waals surface area contributed by atoms with Gasteiger partial charge in [-0.05, 0) is 113 Å². The number of allylic oxidation sites excluding steroid dienone is 15. The molecule has 0 aromatic heterocycles.